The van der Waals surface area contributed by atoms with Crippen molar-refractivity contribution in [1.82, 2.24) is 25.3 Å². The van der Waals surface area contributed by atoms with Crippen molar-refractivity contribution < 1.29 is 9.90 Å². The van der Waals surface area contributed by atoms with Crippen molar-refractivity contribution in [3.05, 3.63) is 53.5 Å². The van der Waals surface area contributed by atoms with Gasteiger partial charge in [-0.1, -0.05) is 20.8 Å². The van der Waals surface area contributed by atoms with E-state index in [0.29, 0.717) is 17.9 Å². The number of hydrogen-bond donors (Lipinski definition) is 3. The van der Waals surface area contributed by atoms with Gasteiger partial charge >= 0.3 is 0 Å². The number of phenolic OH excluding ortho intramolecular Hbond substituents is 1. The van der Waals surface area contributed by atoms with E-state index in [1.807, 2.05) is 6.07 Å². The fraction of sp³-hybridized carbons (Fsp3) is 0.316. The van der Waals surface area contributed by atoms with Gasteiger partial charge in [0.25, 0.3) is 5.91 Å². The molecule has 0 radical (unpaired) electrons. The quantitative estimate of drug-likeness (QED) is 0.671. The van der Waals surface area contributed by atoms with Gasteiger partial charge in [0.2, 0.25) is 0 Å². The first-order chi connectivity index (χ1) is 12.2. The average molecular weight is 353 g/mol. The number of phenols is 1. The summed E-state index contributed by atoms with van der Waals surface area (Å²) in [6.07, 6.45) is 0. The predicted octanol–water partition coefficient (Wildman–Crippen LogP) is 3.08. The molecule has 7 nitrogen and oxygen atoms in total. The second-order valence-corrected chi connectivity index (χ2v) is 7.40. The smallest absolute Gasteiger partial charge is 0.271 e. The number of hydrogen-bond acceptors (Lipinski definition) is 4. The van der Waals surface area contributed by atoms with E-state index < -0.39 is 0 Å². The lowest BCUT2D eigenvalue weighted by Gasteiger charge is -2.15. The van der Waals surface area contributed by atoms with Crippen molar-refractivity contribution in [3.8, 4) is 17.0 Å². The number of aromatic amines is 2. The van der Waals surface area contributed by atoms with E-state index in [4.69, 9.17) is 0 Å². The minimum Gasteiger partial charge on any atom is -0.508 e. The van der Waals surface area contributed by atoms with Crippen molar-refractivity contribution in [3.63, 3.8) is 0 Å². The number of nitrogens with zero attached hydrogens (tertiary/aromatic N) is 3. The number of carbonyl (C=O) groups is 1. The Hall–Kier alpha value is -3.09. The van der Waals surface area contributed by atoms with Crippen molar-refractivity contribution in [2.24, 2.45) is 0 Å². The van der Waals surface area contributed by atoms with Crippen molar-refractivity contribution in [1.29, 1.82) is 0 Å². The van der Waals surface area contributed by atoms with Crippen LogP contribution in [0.3, 0.4) is 0 Å². The molecule has 1 aromatic carbocycles. The highest BCUT2D eigenvalue weighted by Gasteiger charge is 2.20. The molecule has 3 N–H and O–H groups in total. The number of benzene rings is 1. The number of rotatable bonds is 4. The SMILES string of the molecule is CN(Cc1cc(C(C)(C)C)n[nH]1)C(=O)c1cc(-c2ccc(O)cc2)n[nH]1. The van der Waals surface area contributed by atoms with E-state index in [2.05, 4.69) is 41.2 Å². The van der Waals surface area contributed by atoms with Crippen LogP contribution in [-0.2, 0) is 12.0 Å². The molecule has 0 unspecified atom stereocenters. The zero-order valence-electron chi connectivity index (χ0n) is 15.4. The Kier molecular flexibility index (Phi) is 4.54. The van der Waals surface area contributed by atoms with Gasteiger partial charge in [-0.05, 0) is 36.4 Å². The molecule has 0 fully saturated rings. The molecule has 0 aliphatic rings. The number of aromatic hydroxyl groups is 1. The number of carbonyl (C=O) groups excluding carboxylic acids is 1. The summed E-state index contributed by atoms with van der Waals surface area (Å²) in [6, 6.07) is 10.4. The maximum atomic E-state index is 12.6. The molecule has 2 aromatic heterocycles. The minimum absolute atomic E-state index is 0.0419. The van der Waals surface area contributed by atoms with Crippen molar-refractivity contribution in [2.75, 3.05) is 7.05 Å². The van der Waals surface area contributed by atoms with Crippen LogP contribution in [0.1, 0.15) is 42.6 Å². The first kappa shape index (κ1) is 17.7. The molecule has 0 saturated carbocycles. The van der Waals surface area contributed by atoms with Crippen LogP contribution in [0.5, 0.6) is 5.75 Å². The lowest BCUT2D eigenvalue weighted by atomic mass is 9.92. The highest BCUT2D eigenvalue weighted by Crippen LogP contribution is 2.22. The standard InChI is InChI=1S/C19H23N5O2/c1-19(2,3)17-9-13(20-23-17)11-24(4)18(26)16-10-15(21-22-16)12-5-7-14(25)8-6-12/h5-10,25H,11H2,1-4H3,(H,20,23)(H,21,22). The van der Waals surface area contributed by atoms with Gasteiger partial charge in [0, 0.05) is 18.0 Å². The highest BCUT2D eigenvalue weighted by atomic mass is 16.3. The van der Waals surface area contributed by atoms with E-state index in [1.165, 1.54) is 0 Å². The predicted molar refractivity (Wildman–Crippen MR) is 98.8 cm³/mol. The summed E-state index contributed by atoms with van der Waals surface area (Å²) < 4.78 is 0. The number of aromatic nitrogens is 4. The monoisotopic (exact) mass is 353 g/mol. The normalized spacial score (nSPS) is 11.5. The van der Waals surface area contributed by atoms with Gasteiger partial charge in [-0.15, -0.1) is 0 Å². The van der Waals surface area contributed by atoms with Crippen LogP contribution in [0.2, 0.25) is 0 Å². The van der Waals surface area contributed by atoms with Crippen molar-refractivity contribution in [2.45, 2.75) is 32.7 Å². The summed E-state index contributed by atoms with van der Waals surface area (Å²) in [6.45, 7) is 6.71. The van der Waals surface area contributed by atoms with Crippen LogP contribution in [-0.4, -0.2) is 43.4 Å². The average Bonchev–Trinajstić information content (AvgIpc) is 3.24. The summed E-state index contributed by atoms with van der Waals surface area (Å²) >= 11 is 0. The van der Waals surface area contributed by atoms with Gasteiger partial charge in [-0.3, -0.25) is 15.0 Å². The van der Waals surface area contributed by atoms with E-state index in [-0.39, 0.29) is 17.1 Å². The first-order valence-electron chi connectivity index (χ1n) is 8.39. The second kappa shape index (κ2) is 6.67. The molecular formula is C19H23N5O2. The summed E-state index contributed by atoms with van der Waals surface area (Å²) in [5.74, 6) is 0.0314. The first-order valence-corrected chi connectivity index (χ1v) is 8.39. The van der Waals surface area contributed by atoms with Crippen LogP contribution < -0.4 is 0 Å². The summed E-state index contributed by atoms with van der Waals surface area (Å²) in [7, 11) is 1.74. The third-order valence-corrected chi connectivity index (χ3v) is 4.12. The van der Waals surface area contributed by atoms with Gasteiger partial charge in [-0.25, -0.2) is 0 Å². The molecule has 136 valence electrons. The Morgan fingerprint density at radius 3 is 2.42 bits per heavy atom. The van der Waals surface area contributed by atoms with Crippen LogP contribution in [0.25, 0.3) is 11.3 Å². The Morgan fingerprint density at radius 2 is 1.81 bits per heavy atom. The summed E-state index contributed by atoms with van der Waals surface area (Å²) in [5, 5.41) is 23.7. The van der Waals surface area contributed by atoms with E-state index >= 15 is 0 Å². The third kappa shape index (κ3) is 3.77. The van der Waals surface area contributed by atoms with Crippen LogP contribution >= 0.6 is 0 Å². The van der Waals surface area contributed by atoms with E-state index in [9.17, 15) is 9.90 Å². The van der Waals surface area contributed by atoms with Gasteiger partial charge in [0.05, 0.1) is 23.6 Å². The van der Waals surface area contributed by atoms with Crippen LogP contribution in [0.15, 0.2) is 36.4 Å². The topological polar surface area (TPSA) is 97.9 Å². The molecule has 0 atom stereocenters. The number of amides is 1. The summed E-state index contributed by atoms with van der Waals surface area (Å²) in [4.78, 5) is 14.2. The van der Waals surface area contributed by atoms with E-state index in [0.717, 1.165) is 17.0 Å². The van der Waals surface area contributed by atoms with Crippen molar-refractivity contribution >= 4 is 5.91 Å². The lowest BCUT2D eigenvalue weighted by molar-refractivity contribution is 0.0777. The highest BCUT2D eigenvalue weighted by molar-refractivity contribution is 5.93. The molecule has 0 aliphatic heterocycles. The second-order valence-electron chi connectivity index (χ2n) is 7.40. The zero-order chi connectivity index (χ0) is 18.9. The van der Waals surface area contributed by atoms with Gasteiger partial charge in [-0.2, -0.15) is 10.2 Å². The molecule has 0 saturated heterocycles. The molecular weight excluding hydrogens is 330 g/mol. The van der Waals surface area contributed by atoms with Gasteiger partial charge in [0.15, 0.2) is 0 Å². The molecule has 2 heterocycles. The molecule has 0 aliphatic carbocycles. The van der Waals surface area contributed by atoms with Crippen LogP contribution in [0.4, 0.5) is 0 Å². The molecule has 0 bridgehead atoms. The Morgan fingerprint density at radius 1 is 1.12 bits per heavy atom. The maximum absolute atomic E-state index is 12.6. The Balaban J connectivity index is 1.71. The fourth-order valence-electron chi connectivity index (χ4n) is 2.57. The number of H-pyrrole nitrogens is 2. The molecule has 3 aromatic rings. The summed E-state index contributed by atoms with van der Waals surface area (Å²) in [5.41, 5.74) is 3.68. The third-order valence-electron chi connectivity index (χ3n) is 4.12. The maximum Gasteiger partial charge on any atom is 0.271 e. The zero-order valence-corrected chi connectivity index (χ0v) is 15.4. The van der Waals surface area contributed by atoms with Crippen LogP contribution in [0, 0.1) is 0 Å². The van der Waals surface area contributed by atoms with Gasteiger partial charge < -0.3 is 10.0 Å². The minimum atomic E-state index is -0.158. The lowest BCUT2D eigenvalue weighted by Crippen LogP contribution is -2.26. The van der Waals surface area contributed by atoms with Gasteiger partial charge in [0.1, 0.15) is 11.4 Å². The number of nitrogens with one attached hydrogen (secondary N) is 2. The molecule has 3 rings (SSSR count). The molecule has 7 heteroatoms. The molecule has 1 amide bonds. The van der Waals surface area contributed by atoms with E-state index in [1.54, 1.807) is 42.3 Å². The fourth-order valence-corrected chi connectivity index (χ4v) is 2.57. The molecule has 26 heavy (non-hydrogen) atoms. The Labute approximate surface area is 152 Å². The Bertz CT molecular complexity index is 903. The molecule has 0 spiro atoms. The largest absolute Gasteiger partial charge is 0.508 e.